The molecule has 2 N–H and O–H groups in total. The lowest BCUT2D eigenvalue weighted by Crippen LogP contribution is -3.08. The lowest BCUT2D eigenvalue weighted by Gasteiger charge is -2.14. The molecule has 28 heavy (non-hydrogen) atoms. The maximum atomic E-state index is 12.6. The molecule has 2 aromatic rings. The first-order chi connectivity index (χ1) is 13.5. The zero-order valence-corrected chi connectivity index (χ0v) is 17.4. The van der Waals surface area contributed by atoms with Crippen LogP contribution in [0.5, 0.6) is 5.75 Å². The van der Waals surface area contributed by atoms with Gasteiger partial charge in [0.2, 0.25) is 0 Å². The fourth-order valence-electron chi connectivity index (χ4n) is 3.51. The number of hydrogen-bond acceptors (Lipinski definition) is 5. The summed E-state index contributed by atoms with van der Waals surface area (Å²) in [6, 6.07) is 7.84. The molecule has 0 aliphatic heterocycles. The van der Waals surface area contributed by atoms with Crippen molar-refractivity contribution in [2.45, 2.75) is 32.7 Å². The number of thiophene rings is 1. The number of benzene rings is 1. The van der Waals surface area contributed by atoms with E-state index in [9.17, 15) is 9.59 Å². The molecule has 150 valence electrons. The number of carbonyl (C=O) groups excluding carboxylic acids is 2. The van der Waals surface area contributed by atoms with Crippen LogP contribution in [-0.2, 0) is 28.9 Å². The molecule has 1 aliphatic carbocycles. The molecule has 0 saturated carbocycles. The van der Waals surface area contributed by atoms with E-state index in [2.05, 4.69) is 5.32 Å². The molecule has 1 aromatic heterocycles. The molecule has 1 atom stereocenters. The van der Waals surface area contributed by atoms with Crippen molar-refractivity contribution in [3.05, 3.63) is 45.8 Å². The Morgan fingerprint density at radius 3 is 2.64 bits per heavy atom. The third-order valence-corrected chi connectivity index (χ3v) is 5.99. The van der Waals surface area contributed by atoms with E-state index in [1.54, 1.807) is 14.0 Å². The normalized spacial score (nSPS) is 13.7. The second-order valence-electron chi connectivity index (χ2n) is 6.99. The largest absolute Gasteiger partial charge is 0.497 e. The highest BCUT2D eigenvalue weighted by molar-refractivity contribution is 7.17. The lowest BCUT2D eigenvalue weighted by molar-refractivity contribution is -0.885. The van der Waals surface area contributed by atoms with Crippen molar-refractivity contribution in [3.8, 4) is 5.75 Å². The van der Waals surface area contributed by atoms with Crippen LogP contribution in [0.1, 0.15) is 39.7 Å². The highest BCUT2D eigenvalue weighted by Gasteiger charge is 2.28. The number of hydrogen-bond donors (Lipinski definition) is 2. The number of nitrogens with one attached hydrogen (secondary N) is 2. The van der Waals surface area contributed by atoms with Crippen molar-refractivity contribution in [3.63, 3.8) is 0 Å². The number of ether oxygens (including phenoxy) is 2. The van der Waals surface area contributed by atoms with Gasteiger partial charge in [0, 0.05) is 10.4 Å². The molecule has 0 spiro atoms. The lowest BCUT2D eigenvalue weighted by atomic mass is 10.1. The van der Waals surface area contributed by atoms with Gasteiger partial charge in [-0.25, -0.2) is 4.79 Å². The quantitative estimate of drug-likeness (QED) is 0.662. The van der Waals surface area contributed by atoms with Gasteiger partial charge in [0.1, 0.15) is 17.3 Å². The van der Waals surface area contributed by atoms with Crippen LogP contribution >= 0.6 is 11.3 Å². The number of quaternary nitrogens is 1. The SMILES string of the molecule is CCOC(=O)c1c(NC(=O)C[NH+](C)Cc2ccc(OC)cc2)sc2c1CCC2. The zero-order valence-electron chi connectivity index (χ0n) is 16.6. The molecule has 3 rings (SSSR count). The number of likely N-dealkylation sites (N-methyl/N-ethyl adjacent to an activating group) is 1. The summed E-state index contributed by atoms with van der Waals surface area (Å²) < 4.78 is 10.4. The Morgan fingerprint density at radius 2 is 1.96 bits per heavy atom. The van der Waals surface area contributed by atoms with Crippen LogP contribution in [0.2, 0.25) is 0 Å². The number of anilines is 1. The van der Waals surface area contributed by atoms with Crippen LogP contribution in [0.15, 0.2) is 24.3 Å². The van der Waals surface area contributed by atoms with Crippen molar-refractivity contribution in [1.82, 2.24) is 0 Å². The third kappa shape index (κ3) is 4.72. The first-order valence-corrected chi connectivity index (χ1v) is 10.4. The van der Waals surface area contributed by atoms with E-state index < -0.39 is 0 Å². The Bertz CT molecular complexity index is 845. The van der Waals surface area contributed by atoms with Crippen LogP contribution in [-0.4, -0.2) is 39.2 Å². The minimum Gasteiger partial charge on any atom is -0.497 e. The van der Waals surface area contributed by atoms with E-state index in [4.69, 9.17) is 9.47 Å². The van der Waals surface area contributed by atoms with Crippen LogP contribution in [0.4, 0.5) is 5.00 Å². The Balaban J connectivity index is 1.63. The van der Waals surface area contributed by atoms with Gasteiger partial charge < -0.3 is 19.7 Å². The minimum atomic E-state index is -0.337. The molecular weight excluding hydrogens is 376 g/mol. The fourth-order valence-corrected chi connectivity index (χ4v) is 4.80. The average molecular weight is 404 g/mol. The van der Waals surface area contributed by atoms with Gasteiger partial charge >= 0.3 is 5.97 Å². The first kappa shape index (κ1) is 20.4. The second kappa shape index (κ2) is 9.21. The highest BCUT2D eigenvalue weighted by atomic mass is 32.1. The Morgan fingerprint density at radius 1 is 1.21 bits per heavy atom. The van der Waals surface area contributed by atoms with E-state index in [1.165, 1.54) is 16.2 Å². The van der Waals surface area contributed by atoms with Gasteiger partial charge in [0.15, 0.2) is 6.54 Å². The van der Waals surface area contributed by atoms with Crippen molar-refractivity contribution < 1.29 is 24.0 Å². The van der Waals surface area contributed by atoms with Gasteiger partial charge in [-0.05, 0) is 56.0 Å². The summed E-state index contributed by atoms with van der Waals surface area (Å²) in [5.41, 5.74) is 2.74. The van der Waals surface area contributed by atoms with Crippen LogP contribution < -0.4 is 15.0 Å². The van der Waals surface area contributed by atoms with Crippen molar-refractivity contribution in [2.75, 3.05) is 32.6 Å². The standard InChI is InChI=1S/C21H26N2O4S/c1-4-27-21(25)19-16-6-5-7-17(16)28-20(19)22-18(24)13-23(2)12-14-8-10-15(26-3)11-9-14/h8-11H,4-7,12-13H2,1-3H3,(H,22,24)/p+1. The number of methoxy groups -OCH3 is 1. The molecule has 0 saturated heterocycles. The number of amides is 1. The first-order valence-electron chi connectivity index (χ1n) is 9.57. The van der Waals surface area contributed by atoms with Gasteiger partial charge in [0.25, 0.3) is 5.91 Å². The minimum absolute atomic E-state index is 0.100. The summed E-state index contributed by atoms with van der Waals surface area (Å²) in [4.78, 5) is 27.2. The highest BCUT2D eigenvalue weighted by Crippen LogP contribution is 2.39. The molecule has 7 heteroatoms. The monoisotopic (exact) mass is 403 g/mol. The number of rotatable bonds is 8. The number of carbonyl (C=O) groups is 2. The maximum Gasteiger partial charge on any atom is 0.341 e. The van der Waals surface area contributed by atoms with E-state index in [1.807, 2.05) is 31.3 Å². The molecule has 6 nitrogen and oxygen atoms in total. The third-order valence-electron chi connectivity index (χ3n) is 4.78. The van der Waals surface area contributed by atoms with Crippen molar-refractivity contribution in [1.29, 1.82) is 0 Å². The van der Waals surface area contributed by atoms with Crippen LogP contribution in [0, 0.1) is 0 Å². The Kier molecular flexibility index (Phi) is 6.70. The molecule has 0 fully saturated rings. The maximum absolute atomic E-state index is 12.6. The van der Waals surface area contributed by atoms with Gasteiger partial charge in [-0.2, -0.15) is 0 Å². The molecule has 1 aliphatic rings. The molecule has 1 aromatic carbocycles. The molecule has 1 heterocycles. The number of aryl methyl sites for hydroxylation is 1. The van der Waals surface area contributed by atoms with Gasteiger partial charge in [-0.15, -0.1) is 11.3 Å². The summed E-state index contributed by atoms with van der Waals surface area (Å²) in [7, 11) is 3.62. The topological polar surface area (TPSA) is 69.1 Å². The summed E-state index contributed by atoms with van der Waals surface area (Å²) in [6.45, 7) is 3.16. The fraction of sp³-hybridized carbons (Fsp3) is 0.429. The molecule has 0 radical (unpaired) electrons. The molecule has 0 bridgehead atoms. The molecule has 1 unspecified atom stereocenters. The molecule has 1 amide bonds. The van der Waals surface area contributed by atoms with Gasteiger partial charge in [-0.3, -0.25) is 4.79 Å². The summed E-state index contributed by atoms with van der Waals surface area (Å²) in [6.07, 6.45) is 2.89. The van der Waals surface area contributed by atoms with E-state index in [0.29, 0.717) is 23.7 Å². The second-order valence-corrected chi connectivity index (χ2v) is 8.09. The number of esters is 1. The predicted molar refractivity (Wildman–Crippen MR) is 109 cm³/mol. The van der Waals surface area contributed by atoms with Gasteiger partial charge in [0.05, 0.1) is 26.3 Å². The molecular formula is C21H27N2O4S+. The van der Waals surface area contributed by atoms with Crippen LogP contribution in [0.25, 0.3) is 0 Å². The van der Waals surface area contributed by atoms with E-state index in [-0.39, 0.29) is 11.9 Å². The van der Waals surface area contributed by atoms with Crippen molar-refractivity contribution in [2.24, 2.45) is 0 Å². The Labute approximate surface area is 169 Å². The Hall–Kier alpha value is -2.38. The smallest absolute Gasteiger partial charge is 0.341 e. The van der Waals surface area contributed by atoms with Crippen LogP contribution in [0.3, 0.4) is 0 Å². The van der Waals surface area contributed by atoms with E-state index in [0.717, 1.165) is 47.6 Å². The number of fused-ring (bicyclic) bond motifs is 1. The average Bonchev–Trinajstić information content (AvgIpc) is 3.22. The summed E-state index contributed by atoms with van der Waals surface area (Å²) in [5.74, 6) is 0.379. The van der Waals surface area contributed by atoms with E-state index >= 15 is 0 Å². The van der Waals surface area contributed by atoms with Gasteiger partial charge in [-0.1, -0.05) is 0 Å². The zero-order chi connectivity index (χ0) is 20.1. The van der Waals surface area contributed by atoms with Crippen molar-refractivity contribution >= 4 is 28.2 Å². The summed E-state index contributed by atoms with van der Waals surface area (Å²) in [5, 5.41) is 3.58. The summed E-state index contributed by atoms with van der Waals surface area (Å²) >= 11 is 1.51. The predicted octanol–water partition coefficient (Wildman–Crippen LogP) is 2.08.